The van der Waals surface area contributed by atoms with Crippen molar-refractivity contribution in [2.45, 2.75) is 19.4 Å². The summed E-state index contributed by atoms with van der Waals surface area (Å²) >= 11 is 0. The molecule has 1 aromatic heterocycles. The van der Waals surface area contributed by atoms with Crippen LogP contribution in [0.15, 0.2) is 53.1 Å². The van der Waals surface area contributed by atoms with Crippen LogP contribution in [0.5, 0.6) is 11.5 Å². The van der Waals surface area contributed by atoms with Gasteiger partial charge in [0.15, 0.2) is 0 Å². The number of ether oxygens (including phenoxy) is 2. The van der Waals surface area contributed by atoms with Gasteiger partial charge in [0, 0.05) is 12.0 Å². The normalized spacial score (nSPS) is 10.4. The number of hydrogen-bond donors (Lipinski definition) is 1. The summed E-state index contributed by atoms with van der Waals surface area (Å²) in [6.07, 6.45) is 1.03. The highest BCUT2D eigenvalue weighted by Gasteiger charge is 2.10. The first-order chi connectivity index (χ1) is 13.2. The molecule has 1 amide bonds. The minimum Gasteiger partial charge on any atom is -0.497 e. The highest BCUT2D eigenvalue weighted by atomic mass is 16.5. The van der Waals surface area contributed by atoms with Crippen LogP contribution in [0.2, 0.25) is 0 Å². The van der Waals surface area contributed by atoms with E-state index in [4.69, 9.17) is 14.0 Å². The van der Waals surface area contributed by atoms with Gasteiger partial charge in [-0.15, -0.1) is 0 Å². The van der Waals surface area contributed by atoms with E-state index >= 15 is 0 Å². The summed E-state index contributed by atoms with van der Waals surface area (Å²) in [4.78, 5) is 16.3. The Morgan fingerprint density at radius 3 is 2.26 bits per heavy atom. The van der Waals surface area contributed by atoms with E-state index in [9.17, 15) is 4.79 Å². The Bertz CT molecular complexity index is 873. The summed E-state index contributed by atoms with van der Waals surface area (Å²) in [5, 5.41) is 6.73. The van der Waals surface area contributed by atoms with E-state index in [1.807, 2.05) is 48.5 Å². The van der Waals surface area contributed by atoms with E-state index in [0.717, 1.165) is 22.6 Å². The monoisotopic (exact) mass is 367 g/mol. The second-order valence-electron chi connectivity index (χ2n) is 5.87. The summed E-state index contributed by atoms with van der Waals surface area (Å²) in [5.41, 5.74) is 1.89. The third-order valence-corrected chi connectivity index (χ3v) is 4.05. The zero-order valence-corrected chi connectivity index (χ0v) is 15.3. The number of aromatic nitrogens is 2. The lowest BCUT2D eigenvalue weighted by Crippen LogP contribution is -2.23. The second-order valence-corrected chi connectivity index (χ2v) is 5.87. The number of carbonyl (C=O) groups is 1. The second kappa shape index (κ2) is 8.84. The molecule has 2 aromatic carbocycles. The number of carbonyl (C=O) groups excluding carboxylic acids is 1. The van der Waals surface area contributed by atoms with Crippen molar-refractivity contribution in [1.29, 1.82) is 0 Å². The molecule has 7 heteroatoms. The van der Waals surface area contributed by atoms with Crippen LogP contribution in [0.3, 0.4) is 0 Å². The van der Waals surface area contributed by atoms with Gasteiger partial charge in [0.25, 0.3) is 0 Å². The molecule has 0 fully saturated rings. The van der Waals surface area contributed by atoms with Crippen LogP contribution < -0.4 is 14.8 Å². The Labute approximate surface area is 157 Å². The number of benzene rings is 2. The van der Waals surface area contributed by atoms with Crippen molar-refractivity contribution < 1.29 is 18.8 Å². The van der Waals surface area contributed by atoms with Crippen molar-refractivity contribution in [1.82, 2.24) is 15.5 Å². The fourth-order valence-corrected chi connectivity index (χ4v) is 2.50. The molecule has 0 radical (unpaired) electrons. The Kier molecular flexibility index (Phi) is 6.04. The SMILES string of the molecule is COc1ccc(CCC(=O)NCc2nc(-c3ccc(OC)cc3)no2)cc1. The molecule has 0 spiro atoms. The predicted molar refractivity (Wildman–Crippen MR) is 99.4 cm³/mol. The van der Waals surface area contributed by atoms with E-state index in [2.05, 4.69) is 15.5 Å². The average molecular weight is 367 g/mol. The van der Waals surface area contributed by atoms with Crippen LogP contribution in [-0.4, -0.2) is 30.3 Å². The van der Waals surface area contributed by atoms with Gasteiger partial charge in [-0.3, -0.25) is 4.79 Å². The highest BCUT2D eigenvalue weighted by Crippen LogP contribution is 2.19. The van der Waals surface area contributed by atoms with Crippen LogP contribution in [0, 0.1) is 0 Å². The first-order valence-electron chi connectivity index (χ1n) is 8.54. The van der Waals surface area contributed by atoms with Crippen molar-refractivity contribution in [3.8, 4) is 22.9 Å². The van der Waals surface area contributed by atoms with Crippen LogP contribution in [-0.2, 0) is 17.8 Å². The van der Waals surface area contributed by atoms with Gasteiger partial charge in [0.2, 0.25) is 17.6 Å². The molecule has 3 rings (SSSR count). The van der Waals surface area contributed by atoms with Crippen molar-refractivity contribution in [3.63, 3.8) is 0 Å². The number of methoxy groups -OCH3 is 2. The zero-order valence-electron chi connectivity index (χ0n) is 15.3. The zero-order chi connectivity index (χ0) is 19.1. The van der Waals surface area contributed by atoms with Gasteiger partial charge in [-0.25, -0.2) is 0 Å². The molecular formula is C20H21N3O4. The van der Waals surface area contributed by atoms with Crippen LogP contribution in [0.4, 0.5) is 0 Å². The Morgan fingerprint density at radius 1 is 1.00 bits per heavy atom. The summed E-state index contributed by atoms with van der Waals surface area (Å²) in [7, 11) is 3.23. The lowest BCUT2D eigenvalue weighted by atomic mass is 10.1. The van der Waals surface area contributed by atoms with Crippen molar-refractivity contribution in [2.75, 3.05) is 14.2 Å². The van der Waals surface area contributed by atoms with E-state index in [1.165, 1.54) is 0 Å². The number of hydrogen-bond acceptors (Lipinski definition) is 6. The minimum atomic E-state index is -0.0741. The maximum atomic E-state index is 12.0. The van der Waals surface area contributed by atoms with E-state index < -0.39 is 0 Å². The number of aryl methyl sites for hydroxylation is 1. The lowest BCUT2D eigenvalue weighted by Gasteiger charge is -2.04. The quantitative estimate of drug-likeness (QED) is 0.659. The average Bonchev–Trinajstić information content (AvgIpc) is 3.20. The molecule has 0 atom stereocenters. The maximum absolute atomic E-state index is 12.0. The molecule has 1 N–H and O–H groups in total. The highest BCUT2D eigenvalue weighted by molar-refractivity contribution is 5.76. The van der Waals surface area contributed by atoms with E-state index in [-0.39, 0.29) is 12.5 Å². The Balaban J connectivity index is 1.47. The fraction of sp³-hybridized carbons (Fsp3) is 0.250. The number of rotatable bonds is 8. The number of amides is 1. The molecule has 0 unspecified atom stereocenters. The van der Waals surface area contributed by atoms with Gasteiger partial charge < -0.3 is 19.3 Å². The molecule has 7 nitrogen and oxygen atoms in total. The van der Waals surface area contributed by atoms with E-state index in [1.54, 1.807) is 14.2 Å². The smallest absolute Gasteiger partial charge is 0.246 e. The maximum Gasteiger partial charge on any atom is 0.246 e. The van der Waals surface area contributed by atoms with Gasteiger partial charge in [-0.2, -0.15) is 4.98 Å². The van der Waals surface area contributed by atoms with Crippen molar-refractivity contribution in [2.24, 2.45) is 0 Å². The van der Waals surface area contributed by atoms with Crippen molar-refractivity contribution in [3.05, 3.63) is 60.0 Å². The number of nitrogens with zero attached hydrogens (tertiary/aromatic N) is 2. The summed E-state index contributed by atoms with van der Waals surface area (Å²) in [5.74, 6) is 2.31. The molecule has 0 bridgehead atoms. The standard InChI is InChI=1S/C20H21N3O4/c1-25-16-8-3-14(4-9-16)5-12-18(24)21-13-19-22-20(23-27-19)15-6-10-17(26-2)11-7-15/h3-4,6-11H,5,12-13H2,1-2H3,(H,21,24). The van der Waals surface area contributed by atoms with Crippen LogP contribution in [0.25, 0.3) is 11.4 Å². The number of nitrogens with one attached hydrogen (secondary N) is 1. The molecule has 0 saturated carbocycles. The van der Waals surface area contributed by atoms with Crippen LogP contribution >= 0.6 is 0 Å². The van der Waals surface area contributed by atoms with Gasteiger partial charge in [0.05, 0.1) is 20.8 Å². The minimum absolute atomic E-state index is 0.0741. The molecule has 1 heterocycles. The third-order valence-electron chi connectivity index (χ3n) is 4.05. The van der Waals surface area contributed by atoms with Gasteiger partial charge in [-0.1, -0.05) is 17.3 Å². The molecule has 140 valence electrons. The van der Waals surface area contributed by atoms with Gasteiger partial charge in [-0.05, 0) is 48.4 Å². The molecule has 0 aliphatic carbocycles. The van der Waals surface area contributed by atoms with E-state index in [0.29, 0.717) is 24.6 Å². The molecule has 0 aliphatic rings. The fourth-order valence-electron chi connectivity index (χ4n) is 2.50. The molecular weight excluding hydrogens is 346 g/mol. The van der Waals surface area contributed by atoms with Gasteiger partial charge in [0.1, 0.15) is 11.5 Å². The lowest BCUT2D eigenvalue weighted by molar-refractivity contribution is -0.121. The third kappa shape index (κ3) is 5.07. The molecule has 0 aliphatic heterocycles. The summed E-state index contributed by atoms with van der Waals surface area (Å²) in [6, 6.07) is 15.0. The summed E-state index contributed by atoms with van der Waals surface area (Å²) < 4.78 is 15.4. The largest absolute Gasteiger partial charge is 0.497 e. The molecule has 0 saturated heterocycles. The Hall–Kier alpha value is -3.35. The van der Waals surface area contributed by atoms with Crippen LogP contribution in [0.1, 0.15) is 17.9 Å². The first kappa shape index (κ1) is 18.4. The summed E-state index contributed by atoms with van der Waals surface area (Å²) in [6.45, 7) is 0.199. The predicted octanol–water partition coefficient (Wildman–Crippen LogP) is 3.00. The topological polar surface area (TPSA) is 86.5 Å². The first-order valence-corrected chi connectivity index (χ1v) is 8.54. The van der Waals surface area contributed by atoms with Crippen molar-refractivity contribution >= 4 is 5.91 Å². The molecule has 27 heavy (non-hydrogen) atoms. The Morgan fingerprint density at radius 2 is 1.63 bits per heavy atom. The van der Waals surface area contributed by atoms with Gasteiger partial charge >= 0.3 is 0 Å². The molecule has 3 aromatic rings.